The maximum absolute atomic E-state index is 5.97. The van der Waals surface area contributed by atoms with Crippen LogP contribution in [0, 0.1) is 0 Å². The fourth-order valence-electron chi connectivity index (χ4n) is 7.07. The molecule has 0 atom stereocenters. The van der Waals surface area contributed by atoms with E-state index in [9.17, 15) is 0 Å². The van der Waals surface area contributed by atoms with Crippen LogP contribution in [0.3, 0.4) is 0 Å². The van der Waals surface area contributed by atoms with Gasteiger partial charge in [-0.1, -0.05) is 62.8 Å². The minimum atomic E-state index is 0.731. The van der Waals surface area contributed by atoms with Crippen LogP contribution >= 0.6 is 0 Å². The van der Waals surface area contributed by atoms with E-state index < -0.39 is 0 Å². The van der Waals surface area contributed by atoms with Crippen molar-refractivity contribution in [1.29, 1.82) is 0 Å². The van der Waals surface area contributed by atoms with Gasteiger partial charge in [0.15, 0.2) is 0 Å². The first kappa shape index (κ1) is 33.7. The molecule has 0 spiro atoms. The fourth-order valence-corrected chi connectivity index (χ4v) is 7.07. The lowest BCUT2D eigenvalue weighted by molar-refractivity contribution is 0.287. The molecule has 2 fully saturated rings. The Morgan fingerprint density at radius 1 is 0.438 bits per heavy atom. The predicted octanol–water partition coefficient (Wildman–Crippen LogP) is 12.3. The number of rotatable bonds is 15. The Labute approximate surface area is 288 Å². The summed E-state index contributed by atoms with van der Waals surface area (Å²) in [5.41, 5.74) is 7.11. The Hall–Kier alpha value is -4.18. The summed E-state index contributed by atoms with van der Waals surface area (Å²) in [5.74, 6) is 3.29. The molecule has 4 heteroatoms. The number of hydrogen-bond donors (Lipinski definition) is 0. The molecule has 2 aliphatic carbocycles. The Balaban J connectivity index is 0.816. The highest BCUT2D eigenvalue weighted by molar-refractivity contribution is 5.82. The molecule has 2 aliphatic rings. The standard InChI is InChI=1S/C44H52N2O2/c1(9-31-47-43-27-15-35(16-28-43)33-45-41-23-19-39(20-24-41)37-11-5-3-6-12-37)2-10-32-48-44-29-17-36(18-30-44)34-46-42-25-21-40(22-26-42)38-13-7-4-8-14-38/h15-30,33-34,37-38H,1-14,31-32H2. The van der Waals surface area contributed by atoms with Crippen LogP contribution in [0.15, 0.2) is 107 Å². The molecule has 0 bridgehead atoms. The van der Waals surface area contributed by atoms with E-state index in [-0.39, 0.29) is 0 Å². The number of benzene rings is 4. The molecule has 0 radical (unpaired) electrons. The first-order chi connectivity index (χ1) is 23.8. The van der Waals surface area contributed by atoms with Crippen molar-refractivity contribution >= 4 is 23.8 Å². The Morgan fingerprint density at radius 2 is 0.812 bits per heavy atom. The Morgan fingerprint density at radius 3 is 1.19 bits per heavy atom. The second kappa shape index (κ2) is 18.4. The highest BCUT2D eigenvalue weighted by atomic mass is 16.5. The van der Waals surface area contributed by atoms with Crippen molar-refractivity contribution in [3.63, 3.8) is 0 Å². The van der Waals surface area contributed by atoms with E-state index in [4.69, 9.17) is 9.47 Å². The van der Waals surface area contributed by atoms with Gasteiger partial charge < -0.3 is 9.47 Å². The maximum atomic E-state index is 5.97. The van der Waals surface area contributed by atoms with Gasteiger partial charge in [-0.05, 0) is 158 Å². The van der Waals surface area contributed by atoms with Crippen LogP contribution < -0.4 is 9.47 Å². The largest absolute Gasteiger partial charge is 0.494 e. The summed E-state index contributed by atoms with van der Waals surface area (Å²) < 4.78 is 11.9. The van der Waals surface area contributed by atoms with Crippen LogP contribution in [0.4, 0.5) is 11.4 Å². The van der Waals surface area contributed by atoms with Crippen molar-refractivity contribution in [2.24, 2.45) is 9.98 Å². The normalized spacial score (nSPS) is 16.1. The zero-order valence-electron chi connectivity index (χ0n) is 28.6. The summed E-state index contributed by atoms with van der Waals surface area (Å²) in [6.45, 7) is 1.46. The lowest BCUT2D eigenvalue weighted by atomic mass is 9.84. The van der Waals surface area contributed by atoms with Gasteiger partial charge in [-0.2, -0.15) is 0 Å². The molecular formula is C44H52N2O2. The van der Waals surface area contributed by atoms with Crippen LogP contribution in [0.25, 0.3) is 0 Å². The molecule has 0 aromatic heterocycles. The van der Waals surface area contributed by atoms with E-state index >= 15 is 0 Å². The highest BCUT2D eigenvalue weighted by Crippen LogP contribution is 2.34. The molecule has 4 nitrogen and oxygen atoms in total. The lowest BCUT2D eigenvalue weighted by Crippen LogP contribution is -2.03. The van der Waals surface area contributed by atoms with Crippen LogP contribution in [0.1, 0.15) is 124 Å². The van der Waals surface area contributed by atoms with Crippen molar-refractivity contribution in [1.82, 2.24) is 0 Å². The topological polar surface area (TPSA) is 43.2 Å². The number of aliphatic imine (C=N–C) groups is 2. The monoisotopic (exact) mass is 640 g/mol. The molecule has 4 aromatic rings. The molecule has 48 heavy (non-hydrogen) atoms. The molecule has 6 rings (SSSR count). The van der Waals surface area contributed by atoms with Crippen molar-refractivity contribution in [2.45, 2.75) is 102 Å². The second-order valence-corrected chi connectivity index (χ2v) is 13.6. The van der Waals surface area contributed by atoms with Gasteiger partial charge in [-0.25, -0.2) is 0 Å². The average Bonchev–Trinajstić information content (AvgIpc) is 3.16. The van der Waals surface area contributed by atoms with E-state index in [2.05, 4.69) is 82.8 Å². The van der Waals surface area contributed by atoms with Crippen molar-refractivity contribution in [3.8, 4) is 11.5 Å². The Bertz CT molecular complexity index is 1420. The third kappa shape index (κ3) is 10.7. The molecule has 0 heterocycles. The second-order valence-electron chi connectivity index (χ2n) is 13.6. The first-order valence-electron chi connectivity index (χ1n) is 18.5. The zero-order chi connectivity index (χ0) is 32.6. The average molecular weight is 641 g/mol. The van der Waals surface area contributed by atoms with Gasteiger partial charge >= 0.3 is 0 Å². The van der Waals surface area contributed by atoms with E-state index in [0.29, 0.717) is 0 Å². The summed E-state index contributed by atoms with van der Waals surface area (Å²) in [5, 5.41) is 0. The number of hydrogen-bond acceptors (Lipinski definition) is 4. The molecule has 0 saturated heterocycles. The molecule has 0 amide bonds. The van der Waals surface area contributed by atoms with Crippen LogP contribution in [-0.4, -0.2) is 25.6 Å². The van der Waals surface area contributed by atoms with Gasteiger partial charge in [0.25, 0.3) is 0 Å². The lowest BCUT2D eigenvalue weighted by Gasteiger charge is -2.21. The van der Waals surface area contributed by atoms with Gasteiger partial charge in [-0.15, -0.1) is 0 Å². The van der Waals surface area contributed by atoms with Crippen LogP contribution in [0.2, 0.25) is 0 Å². The molecule has 2 saturated carbocycles. The quantitative estimate of drug-likeness (QED) is 0.0958. The van der Waals surface area contributed by atoms with E-state index in [1.54, 1.807) is 0 Å². The van der Waals surface area contributed by atoms with E-state index in [0.717, 1.165) is 84.7 Å². The van der Waals surface area contributed by atoms with Crippen molar-refractivity contribution in [3.05, 3.63) is 119 Å². The van der Waals surface area contributed by atoms with Gasteiger partial charge in [0, 0.05) is 12.4 Å². The maximum Gasteiger partial charge on any atom is 0.119 e. The van der Waals surface area contributed by atoms with Crippen molar-refractivity contribution in [2.75, 3.05) is 13.2 Å². The molecule has 0 unspecified atom stereocenters. The molecule has 4 aromatic carbocycles. The fraction of sp³-hybridized carbons (Fsp3) is 0.409. The molecule has 0 aliphatic heterocycles. The zero-order valence-corrected chi connectivity index (χ0v) is 28.6. The minimum absolute atomic E-state index is 0.731. The SMILES string of the molecule is C(=Nc1ccc(C2CCCCC2)cc1)c1ccc(OCCCCCCOc2ccc(C=Nc3ccc(C4CCCCC4)cc3)cc2)cc1. The van der Waals surface area contributed by atoms with Gasteiger partial charge in [0.2, 0.25) is 0 Å². The summed E-state index contributed by atoms with van der Waals surface area (Å²) in [7, 11) is 0. The Kier molecular flexibility index (Phi) is 12.9. The summed E-state index contributed by atoms with van der Waals surface area (Å²) in [6, 6.07) is 34.1. The minimum Gasteiger partial charge on any atom is -0.494 e. The van der Waals surface area contributed by atoms with Crippen LogP contribution in [-0.2, 0) is 0 Å². The van der Waals surface area contributed by atoms with Crippen molar-refractivity contribution < 1.29 is 9.47 Å². The summed E-state index contributed by atoms with van der Waals surface area (Å²) >= 11 is 0. The molecule has 250 valence electrons. The first-order valence-corrected chi connectivity index (χ1v) is 18.5. The highest BCUT2D eigenvalue weighted by Gasteiger charge is 2.16. The smallest absolute Gasteiger partial charge is 0.119 e. The van der Waals surface area contributed by atoms with Gasteiger partial charge in [-0.3, -0.25) is 9.98 Å². The van der Waals surface area contributed by atoms with E-state index in [1.807, 2.05) is 36.7 Å². The third-order valence-electron chi connectivity index (χ3n) is 10.0. The predicted molar refractivity (Wildman–Crippen MR) is 201 cm³/mol. The number of ether oxygens (including phenoxy) is 2. The van der Waals surface area contributed by atoms with Crippen LogP contribution in [0.5, 0.6) is 11.5 Å². The van der Waals surface area contributed by atoms with Gasteiger partial charge in [0.05, 0.1) is 24.6 Å². The van der Waals surface area contributed by atoms with Gasteiger partial charge in [0.1, 0.15) is 11.5 Å². The molecular weight excluding hydrogens is 588 g/mol. The summed E-state index contributed by atoms with van der Waals surface area (Å²) in [4.78, 5) is 9.35. The molecule has 0 N–H and O–H groups in total. The number of unbranched alkanes of at least 4 members (excludes halogenated alkanes) is 3. The summed E-state index contributed by atoms with van der Waals surface area (Å²) in [6.07, 6.45) is 21.8. The van der Waals surface area contributed by atoms with E-state index in [1.165, 1.54) is 75.3 Å². The third-order valence-corrected chi connectivity index (χ3v) is 10.0. The number of nitrogens with zero attached hydrogens (tertiary/aromatic N) is 2.